The first-order valence-electron chi connectivity index (χ1n) is 4.45. The summed E-state index contributed by atoms with van der Waals surface area (Å²) in [5.74, 6) is -0.568. The number of aliphatic carboxylic acids is 1. The molecule has 0 radical (unpaired) electrons. The molecule has 1 rings (SSSR count). The second-order valence-corrected chi connectivity index (χ2v) is 3.44. The number of aryl methyl sites for hydroxylation is 1. The summed E-state index contributed by atoms with van der Waals surface area (Å²) < 4.78 is 1.77. The molecule has 1 aromatic rings. The number of aromatic nitrogens is 2. The van der Waals surface area contributed by atoms with Gasteiger partial charge in [-0.2, -0.15) is 5.10 Å². The van der Waals surface area contributed by atoms with E-state index < -0.39 is 5.97 Å². The van der Waals surface area contributed by atoms with Crippen molar-refractivity contribution in [3.8, 4) is 0 Å². The van der Waals surface area contributed by atoms with E-state index >= 15 is 0 Å². The van der Waals surface area contributed by atoms with Crippen LogP contribution in [0.15, 0.2) is 12.1 Å². The molecule has 0 spiro atoms. The Kier molecular flexibility index (Phi) is 3.06. The van der Waals surface area contributed by atoms with Gasteiger partial charge in [0.15, 0.2) is 0 Å². The summed E-state index contributed by atoms with van der Waals surface area (Å²) in [6.45, 7) is 4.14. The van der Waals surface area contributed by atoms with Crippen molar-refractivity contribution < 1.29 is 9.90 Å². The Bertz CT molecular complexity index is 364. The Morgan fingerprint density at radius 2 is 2.29 bits per heavy atom. The number of carboxylic acids is 1. The summed E-state index contributed by atoms with van der Waals surface area (Å²) in [5.41, 5.74) is 1.77. The van der Waals surface area contributed by atoms with E-state index in [1.54, 1.807) is 4.68 Å². The first-order valence-corrected chi connectivity index (χ1v) is 4.45. The fourth-order valence-electron chi connectivity index (χ4n) is 1.28. The van der Waals surface area contributed by atoms with Crippen LogP contribution in [0.1, 0.15) is 31.2 Å². The normalized spacial score (nSPS) is 11.4. The van der Waals surface area contributed by atoms with Crippen LogP contribution >= 0.6 is 0 Å². The fourth-order valence-corrected chi connectivity index (χ4v) is 1.28. The van der Waals surface area contributed by atoms with E-state index in [0.29, 0.717) is 11.6 Å². The molecule has 0 aliphatic carbocycles. The van der Waals surface area contributed by atoms with E-state index in [1.165, 1.54) is 6.08 Å². The molecule has 0 atom stereocenters. The molecule has 0 unspecified atom stereocenters. The van der Waals surface area contributed by atoms with E-state index in [2.05, 4.69) is 18.9 Å². The lowest BCUT2D eigenvalue weighted by Crippen LogP contribution is -1.99. The lowest BCUT2D eigenvalue weighted by atomic mass is 10.1. The number of rotatable bonds is 3. The van der Waals surface area contributed by atoms with E-state index in [1.807, 2.05) is 13.1 Å². The van der Waals surface area contributed by atoms with Crippen LogP contribution in [-0.4, -0.2) is 20.9 Å². The molecule has 4 heteroatoms. The van der Waals surface area contributed by atoms with Crippen molar-refractivity contribution in [1.29, 1.82) is 0 Å². The largest absolute Gasteiger partial charge is 0.478 e. The molecule has 1 aromatic heterocycles. The third-order valence-corrected chi connectivity index (χ3v) is 1.92. The van der Waals surface area contributed by atoms with Gasteiger partial charge in [-0.05, 0) is 18.1 Å². The minimum atomic E-state index is -0.957. The van der Waals surface area contributed by atoms with E-state index in [-0.39, 0.29) is 0 Å². The minimum Gasteiger partial charge on any atom is -0.478 e. The van der Waals surface area contributed by atoms with Gasteiger partial charge in [0.25, 0.3) is 0 Å². The summed E-state index contributed by atoms with van der Waals surface area (Å²) in [6.07, 6.45) is 2.58. The molecule has 0 aliphatic rings. The zero-order chi connectivity index (χ0) is 10.7. The molecule has 0 bridgehead atoms. The van der Waals surface area contributed by atoms with Gasteiger partial charge >= 0.3 is 5.97 Å². The molecule has 14 heavy (non-hydrogen) atoms. The van der Waals surface area contributed by atoms with Gasteiger partial charge in [0.2, 0.25) is 0 Å². The molecule has 76 valence electrons. The first kappa shape index (κ1) is 10.5. The Morgan fingerprint density at radius 1 is 1.64 bits per heavy atom. The topological polar surface area (TPSA) is 55.1 Å². The van der Waals surface area contributed by atoms with Crippen molar-refractivity contribution in [2.75, 3.05) is 0 Å². The van der Waals surface area contributed by atoms with Gasteiger partial charge in [0, 0.05) is 18.8 Å². The Balaban J connectivity index is 2.91. The molecular formula is C10H14N2O2. The second-order valence-electron chi connectivity index (χ2n) is 3.44. The number of nitrogens with zero attached hydrogens (tertiary/aromatic N) is 2. The van der Waals surface area contributed by atoms with Crippen molar-refractivity contribution in [3.05, 3.63) is 23.5 Å². The lowest BCUT2D eigenvalue weighted by molar-refractivity contribution is -0.131. The van der Waals surface area contributed by atoms with E-state index in [0.717, 1.165) is 11.8 Å². The number of hydrogen-bond acceptors (Lipinski definition) is 2. The summed E-state index contributed by atoms with van der Waals surface area (Å²) in [4.78, 5) is 10.3. The molecule has 0 saturated carbocycles. The van der Waals surface area contributed by atoms with Gasteiger partial charge in [0.1, 0.15) is 0 Å². The smallest absolute Gasteiger partial charge is 0.328 e. The summed E-state index contributed by atoms with van der Waals surface area (Å²) >= 11 is 0. The van der Waals surface area contributed by atoms with Crippen molar-refractivity contribution in [2.24, 2.45) is 7.05 Å². The van der Waals surface area contributed by atoms with E-state index in [9.17, 15) is 4.79 Å². The fraction of sp³-hybridized carbons (Fsp3) is 0.400. The molecule has 0 amide bonds. The zero-order valence-corrected chi connectivity index (χ0v) is 8.56. The van der Waals surface area contributed by atoms with Crippen LogP contribution < -0.4 is 0 Å². The molecule has 1 N–H and O–H groups in total. The standard InChI is InChI=1S/C10H14N2O2/c1-7(2)9-6-8(11-12(9)3)4-5-10(13)14/h4-7H,1-3H3,(H,13,14)/b5-4+. The number of hydrogen-bond donors (Lipinski definition) is 1. The molecule has 1 heterocycles. The molecule has 0 fully saturated rings. The zero-order valence-electron chi connectivity index (χ0n) is 8.56. The Labute approximate surface area is 82.9 Å². The van der Waals surface area contributed by atoms with Crippen LogP contribution in [0.25, 0.3) is 6.08 Å². The van der Waals surface area contributed by atoms with Crippen molar-refractivity contribution in [1.82, 2.24) is 9.78 Å². The third kappa shape index (κ3) is 2.45. The van der Waals surface area contributed by atoms with Gasteiger partial charge in [0.05, 0.1) is 5.69 Å². The molecule has 0 aliphatic heterocycles. The highest BCUT2D eigenvalue weighted by Gasteiger charge is 2.06. The highest BCUT2D eigenvalue weighted by atomic mass is 16.4. The van der Waals surface area contributed by atoms with Gasteiger partial charge in [-0.1, -0.05) is 13.8 Å². The van der Waals surface area contributed by atoms with Crippen LogP contribution in [0.3, 0.4) is 0 Å². The summed E-state index contributed by atoms with van der Waals surface area (Å²) in [5, 5.41) is 12.6. The second kappa shape index (κ2) is 4.09. The average molecular weight is 194 g/mol. The van der Waals surface area contributed by atoms with Crippen LogP contribution in [0.5, 0.6) is 0 Å². The van der Waals surface area contributed by atoms with Crippen LogP contribution in [0.2, 0.25) is 0 Å². The van der Waals surface area contributed by atoms with Gasteiger partial charge in [-0.25, -0.2) is 4.79 Å². The predicted octanol–water partition coefficient (Wildman–Crippen LogP) is 1.64. The first-order chi connectivity index (χ1) is 6.50. The minimum absolute atomic E-state index is 0.388. The van der Waals surface area contributed by atoms with Gasteiger partial charge in [-0.15, -0.1) is 0 Å². The summed E-state index contributed by atoms with van der Waals surface area (Å²) in [6, 6.07) is 1.89. The highest BCUT2D eigenvalue weighted by Crippen LogP contribution is 2.15. The maximum atomic E-state index is 10.3. The molecule has 4 nitrogen and oxygen atoms in total. The third-order valence-electron chi connectivity index (χ3n) is 1.92. The van der Waals surface area contributed by atoms with E-state index in [4.69, 9.17) is 5.11 Å². The van der Waals surface area contributed by atoms with Crippen molar-refractivity contribution >= 4 is 12.0 Å². The quantitative estimate of drug-likeness (QED) is 0.744. The number of carbonyl (C=O) groups is 1. The van der Waals surface area contributed by atoms with Gasteiger partial charge < -0.3 is 5.11 Å². The maximum Gasteiger partial charge on any atom is 0.328 e. The Hall–Kier alpha value is -1.58. The van der Waals surface area contributed by atoms with Crippen LogP contribution in [0, 0.1) is 0 Å². The predicted molar refractivity (Wildman–Crippen MR) is 54.0 cm³/mol. The number of carboxylic acid groups (broad SMARTS) is 1. The lowest BCUT2D eigenvalue weighted by Gasteiger charge is -2.02. The summed E-state index contributed by atoms with van der Waals surface area (Å²) in [7, 11) is 1.85. The van der Waals surface area contributed by atoms with Crippen LogP contribution in [-0.2, 0) is 11.8 Å². The highest BCUT2D eigenvalue weighted by molar-refractivity contribution is 5.84. The van der Waals surface area contributed by atoms with Crippen molar-refractivity contribution in [2.45, 2.75) is 19.8 Å². The molecule has 0 saturated heterocycles. The van der Waals surface area contributed by atoms with Crippen molar-refractivity contribution in [3.63, 3.8) is 0 Å². The molecular weight excluding hydrogens is 180 g/mol. The maximum absolute atomic E-state index is 10.3. The Morgan fingerprint density at radius 3 is 2.71 bits per heavy atom. The average Bonchev–Trinajstić information content (AvgIpc) is 2.43. The monoisotopic (exact) mass is 194 g/mol. The molecule has 0 aromatic carbocycles. The SMILES string of the molecule is CC(C)c1cc(/C=C/C(=O)O)nn1C. The van der Waals surface area contributed by atoms with Gasteiger partial charge in [-0.3, -0.25) is 4.68 Å². The van der Waals surface area contributed by atoms with Crippen LogP contribution in [0.4, 0.5) is 0 Å².